The second kappa shape index (κ2) is 8.16. The van der Waals surface area contributed by atoms with Gasteiger partial charge in [0.2, 0.25) is 5.44 Å². The lowest BCUT2D eigenvalue weighted by Gasteiger charge is -2.45. The summed E-state index contributed by atoms with van der Waals surface area (Å²) in [4.78, 5) is 5.82. The maximum atomic E-state index is 12.7. The Balaban J connectivity index is 1.85. The van der Waals surface area contributed by atoms with Crippen LogP contribution in [0.4, 0.5) is 13.2 Å². The van der Waals surface area contributed by atoms with E-state index < -0.39 is 33.6 Å². The van der Waals surface area contributed by atoms with E-state index in [1.807, 2.05) is 18.7 Å². The van der Waals surface area contributed by atoms with Crippen LogP contribution in [-0.2, 0) is 9.84 Å². The summed E-state index contributed by atoms with van der Waals surface area (Å²) >= 11 is 11.8. The fraction of sp³-hybridized carbons (Fsp3) is 0.588. The second-order valence-corrected chi connectivity index (χ2v) is 10.6. The zero-order chi connectivity index (χ0) is 22.3. The molecule has 0 spiro atoms. The lowest BCUT2D eigenvalue weighted by molar-refractivity contribution is -0.153. The van der Waals surface area contributed by atoms with Crippen molar-refractivity contribution in [2.45, 2.75) is 43.8 Å². The van der Waals surface area contributed by atoms with Crippen molar-refractivity contribution in [2.24, 2.45) is 0 Å². The molecule has 0 N–H and O–H groups in total. The molecule has 0 amide bonds. The van der Waals surface area contributed by atoms with Gasteiger partial charge in [0.25, 0.3) is 5.88 Å². The van der Waals surface area contributed by atoms with Gasteiger partial charge in [-0.2, -0.15) is 13.2 Å². The number of halogens is 5. The Bertz CT molecular complexity index is 945. The Labute approximate surface area is 182 Å². The Morgan fingerprint density at radius 1 is 1.40 bits per heavy atom. The largest absolute Gasteiger partial charge is 0.478 e. The van der Waals surface area contributed by atoms with E-state index in [-0.39, 0.29) is 28.8 Å². The predicted octanol–water partition coefficient (Wildman–Crippen LogP) is 3.94. The van der Waals surface area contributed by atoms with Gasteiger partial charge in [-0.3, -0.25) is 4.42 Å². The van der Waals surface area contributed by atoms with Crippen LogP contribution < -0.4 is 9.47 Å². The first-order valence-electron chi connectivity index (χ1n) is 8.91. The monoisotopic (exact) mass is 489 g/mol. The zero-order valence-corrected chi connectivity index (χ0v) is 18.4. The molecule has 2 aliphatic rings. The first kappa shape index (κ1) is 23.1. The molecule has 13 heteroatoms. The second-order valence-electron chi connectivity index (χ2n) is 7.47. The number of ether oxygens (including phenoxy) is 2. The van der Waals surface area contributed by atoms with Gasteiger partial charge >= 0.3 is 6.18 Å². The highest BCUT2D eigenvalue weighted by atomic mass is 35.5. The summed E-state index contributed by atoms with van der Waals surface area (Å²) < 4.78 is 74.8. The molecule has 0 radical (unpaired) electrons. The molecule has 2 atom stereocenters. The van der Waals surface area contributed by atoms with Crippen molar-refractivity contribution in [1.82, 2.24) is 14.3 Å². The van der Waals surface area contributed by atoms with E-state index in [1.54, 1.807) is 6.20 Å². The Morgan fingerprint density at radius 3 is 2.70 bits per heavy atom. The van der Waals surface area contributed by atoms with Crippen molar-refractivity contribution >= 4 is 33.2 Å². The third-order valence-electron chi connectivity index (χ3n) is 5.03. The van der Waals surface area contributed by atoms with Gasteiger partial charge in [-0.15, -0.1) is 0 Å². The molecule has 168 valence electrons. The van der Waals surface area contributed by atoms with E-state index in [2.05, 4.69) is 4.98 Å². The molecule has 30 heavy (non-hydrogen) atoms. The van der Waals surface area contributed by atoms with E-state index >= 15 is 0 Å². The number of hydrogen-bond acceptors (Lipinski definition) is 7. The van der Waals surface area contributed by atoms with Crippen LogP contribution in [0, 0.1) is 0 Å². The van der Waals surface area contributed by atoms with Crippen LogP contribution in [0.2, 0.25) is 5.02 Å². The van der Waals surface area contributed by atoms with Gasteiger partial charge in [-0.05, 0) is 20.3 Å². The summed E-state index contributed by atoms with van der Waals surface area (Å²) in [6.45, 7) is 2.53. The minimum Gasteiger partial charge on any atom is -0.478 e. The van der Waals surface area contributed by atoms with Crippen molar-refractivity contribution in [3.63, 3.8) is 0 Å². The average Bonchev–Trinajstić information content (AvgIpc) is 2.97. The Hall–Kier alpha value is -1.59. The summed E-state index contributed by atoms with van der Waals surface area (Å²) in [6.07, 6.45) is -1.31. The molecule has 1 saturated heterocycles. The number of sulfone groups is 1. The van der Waals surface area contributed by atoms with Crippen molar-refractivity contribution < 1.29 is 31.1 Å². The van der Waals surface area contributed by atoms with Gasteiger partial charge in [-0.25, -0.2) is 13.4 Å². The number of pyridine rings is 1. The molecule has 0 aromatic carbocycles. The summed E-state index contributed by atoms with van der Waals surface area (Å²) in [5.41, 5.74) is -1.06. The smallest absolute Gasteiger partial charge is 0.422 e. The lowest BCUT2D eigenvalue weighted by Crippen LogP contribution is -2.54. The number of aromatic nitrogens is 1. The first-order valence-corrected chi connectivity index (χ1v) is 11.3. The highest BCUT2D eigenvalue weighted by Gasteiger charge is 2.47. The third kappa shape index (κ3) is 5.17. The normalized spacial score (nSPS) is 26.5. The SMILES string of the molecule is CC1=CN(Cl)CN1C1(C)CCS(=O)(=O)C(Oc2ncc(Cl)cc2OCC(F)(F)F)C1. The summed E-state index contributed by atoms with van der Waals surface area (Å²) in [6, 6.07) is 1.10. The summed E-state index contributed by atoms with van der Waals surface area (Å²) in [5, 5.41) is 0.0240. The van der Waals surface area contributed by atoms with Crippen molar-refractivity contribution in [3.05, 3.63) is 29.2 Å². The van der Waals surface area contributed by atoms with Gasteiger partial charge < -0.3 is 14.4 Å². The molecule has 7 nitrogen and oxygen atoms in total. The maximum absolute atomic E-state index is 12.7. The van der Waals surface area contributed by atoms with Crippen LogP contribution in [0.3, 0.4) is 0 Å². The molecule has 0 bridgehead atoms. The fourth-order valence-electron chi connectivity index (χ4n) is 3.48. The Morgan fingerprint density at radius 2 is 2.10 bits per heavy atom. The molecule has 2 unspecified atom stereocenters. The molecular formula is C17H20Cl2F3N3O4S. The van der Waals surface area contributed by atoms with Crippen LogP contribution in [0.25, 0.3) is 0 Å². The summed E-state index contributed by atoms with van der Waals surface area (Å²) in [7, 11) is -3.69. The van der Waals surface area contributed by atoms with Crippen LogP contribution in [0.5, 0.6) is 11.6 Å². The topological polar surface area (TPSA) is 72.0 Å². The molecule has 0 saturated carbocycles. The van der Waals surface area contributed by atoms with Gasteiger partial charge in [-0.1, -0.05) is 11.6 Å². The molecule has 2 aliphatic heterocycles. The van der Waals surface area contributed by atoms with Crippen molar-refractivity contribution in [3.8, 4) is 11.6 Å². The van der Waals surface area contributed by atoms with E-state index in [4.69, 9.17) is 32.9 Å². The zero-order valence-electron chi connectivity index (χ0n) is 16.1. The van der Waals surface area contributed by atoms with Crippen LogP contribution in [0.15, 0.2) is 24.2 Å². The number of nitrogens with zero attached hydrogens (tertiary/aromatic N) is 3. The van der Waals surface area contributed by atoms with Crippen molar-refractivity contribution in [2.75, 3.05) is 19.0 Å². The molecule has 3 heterocycles. The maximum Gasteiger partial charge on any atom is 0.422 e. The van der Waals surface area contributed by atoms with Crippen LogP contribution in [-0.4, -0.2) is 58.9 Å². The van der Waals surface area contributed by atoms with Crippen LogP contribution >= 0.6 is 23.4 Å². The average molecular weight is 490 g/mol. The molecule has 0 aliphatic carbocycles. The van der Waals surface area contributed by atoms with Crippen LogP contribution in [0.1, 0.15) is 26.7 Å². The minimum absolute atomic E-state index is 0.0240. The van der Waals surface area contributed by atoms with Gasteiger partial charge in [0.05, 0.1) is 10.8 Å². The Kier molecular flexibility index (Phi) is 6.28. The van der Waals surface area contributed by atoms with E-state index in [1.165, 1.54) is 4.42 Å². The van der Waals surface area contributed by atoms with E-state index in [0.29, 0.717) is 13.1 Å². The summed E-state index contributed by atoms with van der Waals surface area (Å²) in [5.74, 6) is -0.910. The predicted molar refractivity (Wildman–Crippen MR) is 105 cm³/mol. The molecule has 3 rings (SSSR count). The standard InChI is InChI=1S/C17H20Cl2F3N3O4S/c1-11-8-24(19)10-25(11)16(2)3-4-30(26,27)14(6-16)29-15-13(5-12(18)7-23-15)28-9-17(20,21)22/h5,7-8,14H,3-4,6,9-10H2,1-2H3. The van der Waals surface area contributed by atoms with Gasteiger partial charge in [0.1, 0.15) is 6.67 Å². The number of hydrogen-bond donors (Lipinski definition) is 0. The number of alkyl halides is 3. The molecule has 1 aromatic rings. The van der Waals surface area contributed by atoms with E-state index in [9.17, 15) is 21.6 Å². The van der Waals surface area contributed by atoms with Gasteiger partial charge in [0.15, 0.2) is 22.2 Å². The minimum atomic E-state index is -4.60. The first-order chi connectivity index (χ1) is 13.8. The molecular weight excluding hydrogens is 470 g/mol. The number of allylic oxidation sites excluding steroid dienone is 1. The van der Waals surface area contributed by atoms with Crippen molar-refractivity contribution in [1.29, 1.82) is 0 Å². The highest BCUT2D eigenvalue weighted by molar-refractivity contribution is 7.91. The fourth-order valence-corrected chi connectivity index (χ4v) is 5.72. The number of rotatable bonds is 5. The molecule has 1 fully saturated rings. The lowest BCUT2D eigenvalue weighted by atomic mass is 9.92. The highest BCUT2D eigenvalue weighted by Crippen LogP contribution is 2.40. The molecule has 1 aromatic heterocycles. The van der Waals surface area contributed by atoms with Gasteiger partial charge in [0, 0.05) is 47.9 Å². The quantitative estimate of drug-likeness (QED) is 0.580. The van der Waals surface area contributed by atoms with E-state index in [0.717, 1.165) is 18.0 Å². The third-order valence-corrected chi connectivity index (χ3v) is 7.28.